The zero-order valence-electron chi connectivity index (χ0n) is 14.7. The molecular weight excluding hydrogens is 441 g/mol. The van der Waals surface area contributed by atoms with Gasteiger partial charge in [-0.3, -0.25) is 4.90 Å². The van der Waals surface area contributed by atoms with Crippen LogP contribution in [0.15, 0.2) is 23.2 Å². The summed E-state index contributed by atoms with van der Waals surface area (Å²) in [5.74, 6) is -0.306. The second-order valence-corrected chi connectivity index (χ2v) is 5.81. The molecule has 0 aliphatic carbocycles. The molecule has 1 fully saturated rings. The van der Waals surface area contributed by atoms with Gasteiger partial charge < -0.3 is 15.4 Å². The monoisotopic (exact) mass is 468 g/mol. The van der Waals surface area contributed by atoms with Crippen LogP contribution in [0.25, 0.3) is 0 Å². The molecule has 1 aliphatic heterocycles. The average Bonchev–Trinajstić information content (AvgIpc) is 2.60. The third-order valence-electron chi connectivity index (χ3n) is 3.99. The number of nitrogens with one attached hydrogen (secondary N) is 2. The van der Waals surface area contributed by atoms with Crippen molar-refractivity contribution < 1.29 is 13.5 Å². The minimum absolute atomic E-state index is 0. The van der Waals surface area contributed by atoms with Crippen LogP contribution >= 0.6 is 24.0 Å². The van der Waals surface area contributed by atoms with E-state index in [1.807, 2.05) is 6.92 Å². The van der Waals surface area contributed by atoms with Gasteiger partial charge in [0.25, 0.3) is 0 Å². The first-order chi connectivity index (χ1) is 11.6. The second kappa shape index (κ2) is 11.6. The van der Waals surface area contributed by atoms with Crippen molar-refractivity contribution in [3.63, 3.8) is 0 Å². The lowest BCUT2D eigenvalue weighted by molar-refractivity contribution is 0.0211. The van der Waals surface area contributed by atoms with Crippen LogP contribution in [0, 0.1) is 11.6 Å². The number of guanidine groups is 1. The molecule has 1 saturated heterocycles. The van der Waals surface area contributed by atoms with Gasteiger partial charge in [-0.25, -0.2) is 13.8 Å². The van der Waals surface area contributed by atoms with Crippen molar-refractivity contribution in [3.8, 4) is 0 Å². The number of ether oxygens (including phenoxy) is 1. The SMILES string of the molecule is CCNC(=NCc1cc(F)ccc1F)NCC(C)N1CCOCC1.I. The van der Waals surface area contributed by atoms with Crippen LogP contribution in [0.5, 0.6) is 0 Å². The molecule has 1 aromatic carbocycles. The van der Waals surface area contributed by atoms with E-state index in [-0.39, 0.29) is 36.1 Å². The van der Waals surface area contributed by atoms with Crippen molar-refractivity contribution in [1.82, 2.24) is 15.5 Å². The Kier molecular flexibility index (Phi) is 10.2. The fraction of sp³-hybridized carbons (Fsp3) is 0.588. The molecule has 0 amide bonds. The van der Waals surface area contributed by atoms with E-state index in [4.69, 9.17) is 4.74 Å². The Labute approximate surface area is 165 Å². The minimum atomic E-state index is -0.458. The van der Waals surface area contributed by atoms with E-state index in [1.54, 1.807) is 0 Å². The second-order valence-electron chi connectivity index (χ2n) is 5.81. The van der Waals surface area contributed by atoms with E-state index in [0.29, 0.717) is 18.5 Å². The molecule has 0 spiro atoms. The Morgan fingerprint density at radius 3 is 2.68 bits per heavy atom. The Hall–Kier alpha value is -1.00. The van der Waals surface area contributed by atoms with Crippen molar-refractivity contribution in [2.75, 3.05) is 39.4 Å². The van der Waals surface area contributed by atoms with E-state index in [0.717, 1.165) is 45.0 Å². The smallest absolute Gasteiger partial charge is 0.191 e. The standard InChI is InChI=1S/C17H26F2N4O.HI/c1-3-20-17(21-11-13(2)23-6-8-24-9-7-23)22-12-14-10-15(18)4-5-16(14)19;/h4-5,10,13H,3,6-9,11-12H2,1-2H3,(H2,20,21,22);1H. The molecule has 5 nitrogen and oxygen atoms in total. The Bertz CT molecular complexity index is 553. The van der Waals surface area contributed by atoms with Gasteiger partial charge in [-0.05, 0) is 32.0 Å². The molecular formula is C17H27F2IN4O. The zero-order valence-corrected chi connectivity index (χ0v) is 17.1. The summed E-state index contributed by atoms with van der Waals surface area (Å²) >= 11 is 0. The van der Waals surface area contributed by atoms with E-state index in [9.17, 15) is 8.78 Å². The summed E-state index contributed by atoms with van der Waals surface area (Å²) in [5, 5.41) is 6.39. The highest BCUT2D eigenvalue weighted by Crippen LogP contribution is 2.10. The van der Waals surface area contributed by atoms with Crippen molar-refractivity contribution in [2.24, 2.45) is 4.99 Å². The van der Waals surface area contributed by atoms with E-state index >= 15 is 0 Å². The largest absolute Gasteiger partial charge is 0.379 e. The summed E-state index contributed by atoms with van der Waals surface area (Å²) in [4.78, 5) is 6.70. The summed E-state index contributed by atoms with van der Waals surface area (Å²) in [5.41, 5.74) is 0.244. The van der Waals surface area contributed by atoms with Crippen molar-refractivity contribution in [3.05, 3.63) is 35.4 Å². The normalized spacial score (nSPS) is 16.9. The van der Waals surface area contributed by atoms with Gasteiger partial charge in [-0.1, -0.05) is 0 Å². The molecule has 1 heterocycles. The number of hydrogen-bond donors (Lipinski definition) is 2. The quantitative estimate of drug-likeness (QED) is 0.383. The summed E-state index contributed by atoms with van der Waals surface area (Å²) in [6.07, 6.45) is 0. The van der Waals surface area contributed by atoms with Gasteiger partial charge in [0.2, 0.25) is 0 Å². The van der Waals surface area contributed by atoms with Crippen LogP contribution < -0.4 is 10.6 Å². The predicted octanol–water partition coefficient (Wildman–Crippen LogP) is 2.36. The van der Waals surface area contributed by atoms with Crippen molar-refractivity contribution in [2.45, 2.75) is 26.4 Å². The molecule has 1 aliphatic rings. The first-order valence-corrected chi connectivity index (χ1v) is 8.38. The lowest BCUT2D eigenvalue weighted by Crippen LogP contribution is -2.49. The highest BCUT2D eigenvalue weighted by Gasteiger charge is 2.17. The molecule has 0 bridgehead atoms. The maximum Gasteiger partial charge on any atom is 0.191 e. The van der Waals surface area contributed by atoms with Gasteiger partial charge in [0, 0.05) is 37.8 Å². The Morgan fingerprint density at radius 1 is 1.28 bits per heavy atom. The first kappa shape index (κ1) is 22.0. The number of nitrogens with zero attached hydrogens (tertiary/aromatic N) is 2. The zero-order chi connectivity index (χ0) is 17.4. The number of benzene rings is 1. The van der Waals surface area contributed by atoms with Crippen LogP contribution in [0.4, 0.5) is 8.78 Å². The van der Waals surface area contributed by atoms with Gasteiger partial charge in [-0.15, -0.1) is 24.0 Å². The topological polar surface area (TPSA) is 48.9 Å². The molecule has 2 N–H and O–H groups in total. The third kappa shape index (κ3) is 7.41. The molecule has 0 saturated carbocycles. The minimum Gasteiger partial charge on any atom is -0.379 e. The van der Waals surface area contributed by atoms with Gasteiger partial charge >= 0.3 is 0 Å². The number of rotatable bonds is 6. The highest BCUT2D eigenvalue weighted by atomic mass is 127. The van der Waals surface area contributed by atoms with Gasteiger partial charge in [0.15, 0.2) is 5.96 Å². The average molecular weight is 468 g/mol. The van der Waals surface area contributed by atoms with Crippen molar-refractivity contribution >= 4 is 29.9 Å². The van der Waals surface area contributed by atoms with E-state index in [2.05, 4.69) is 27.4 Å². The van der Waals surface area contributed by atoms with E-state index < -0.39 is 11.6 Å². The first-order valence-electron chi connectivity index (χ1n) is 8.38. The molecule has 1 atom stereocenters. The summed E-state index contributed by atoms with van der Waals surface area (Å²) in [6, 6.07) is 3.75. The van der Waals surface area contributed by atoms with E-state index in [1.165, 1.54) is 6.07 Å². The van der Waals surface area contributed by atoms with Crippen LogP contribution in [0.2, 0.25) is 0 Å². The van der Waals surface area contributed by atoms with Gasteiger partial charge in [0.05, 0.1) is 19.8 Å². The van der Waals surface area contributed by atoms with Gasteiger partial charge in [-0.2, -0.15) is 0 Å². The van der Waals surface area contributed by atoms with Crippen molar-refractivity contribution in [1.29, 1.82) is 0 Å². The summed E-state index contributed by atoms with van der Waals surface area (Å²) in [6.45, 7) is 8.98. The Balaban J connectivity index is 0.00000312. The molecule has 142 valence electrons. The molecule has 0 radical (unpaired) electrons. The number of morpholine rings is 1. The lowest BCUT2D eigenvalue weighted by atomic mass is 10.2. The summed E-state index contributed by atoms with van der Waals surface area (Å²) < 4.78 is 32.2. The Morgan fingerprint density at radius 2 is 2.00 bits per heavy atom. The lowest BCUT2D eigenvalue weighted by Gasteiger charge is -2.32. The molecule has 1 aromatic rings. The summed E-state index contributed by atoms with van der Waals surface area (Å²) in [7, 11) is 0. The molecule has 2 rings (SSSR count). The molecule has 0 aromatic heterocycles. The number of hydrogen-bond acceptors (Lipinski definition) is 3. The third-order valence-corrected chi connectivity index (χ3v) is 3.99. The maximum absolute atomic E-state index is 13.7. The van der Waals surface area contributed by atoms with Crippen LogP contribution in [-0.4, -0.2) is 56.3 Å². The highest BCUT2D eigenvalue weighted by molar-refractivity contribution is 14.0. The fourth-order valence-corrected chi connectivity index (χ4v) is 2.56. The molecule has 8 heteroatoms. The number of halogens is 3. The number of aliphatic imine (C=N–C) groups is 1. The fourth-order valence-electron chi connectivity index (χ4n) is 2.56. The molecule has 25 heavy (non-hydrogen) atoms. The van der Waals surface area contributed by atoms with Gasteiger partial charge in [0.1, 0.15) is 11.6 Å². The van der Waals surface area contributed by atoms with Crippen LogP contribution in [-0.2, 0) is 11.3 Å². The molecule has 1 unspecified atom stereocenters. The van der Waals surface area contributed by atoms with Crippen LogP contribution in [0.1, 0.15) is 19.4 Å². The predicted molar refractivity (Wildman–Crippen MR) is 106 cm³/mol. The van der Waals surface area contributed by atoms with Crippen LogP contribution in [0.3, 0.4) is 0 Å². The maximum atomic E-state index is 13.7.